The molecule has 1 N–H and O–H groups in total. The molecular formula is C19H30N4O3. The Balaban J connectivity index is 1.64. The largest absolute Gasteiger partial charge is 0.493 e. The number of hydrogen-bond acceptors (Lipinski definition) is 5. The van der Waals surface area contributed by atoms with E-state index in [0.29, 0.717) is 0 Å². The van der Waals surface area contributed by atoms with Crippen LogP contribution in [0.5, 0.6) is 11.5 Å². The Bertz CT molecular complexity index is 650. The number of nitrogens with zero attached hydrogens (tertiary/aromatic N) is 3. The van der Waals surface area contributed by atoms with Gasteiger partial charge in [-0.25, -0.2) is 0 Å². The lowest BCUT2D eigenvalue weighted by molar-refractivity contribution is -0.0163. The summed E-state index contributed by atoms with van der Waals surface area (Å²) in [5.41, 5.74) is 2.57. The molecule has 7 heteroatoms. The zero-order chi connectivity index (χ0) is 18.5. The van der Waals surface area contributed by atoms with E-state index >= 15 is 0 Å². The topological polar surface area (TPSA) is 58.6 Å². The Kier molecular flexibility index (Phi) is 6.21. The molecule has 26 heavy (non-hydrogen) atoms. The number of rotatable bonds is 4. The maximum Gasteiger partial charge on any atom is 0.194 e. The highest BCUT2D eigenvalue weighted by atomic mass is 16.5. The van der Waals surface area contributed by atoms with E-state index in [4.69, 9.17) is 14.2 Å². The summed E-state index contributed by atoms with van der Waals surface area (Å²) in [4.78, 5) is 9.05. The fourth-order valence-corrected chi connectivity index (χ4v) is 3.59. The third kappa shape index (κ3) is 4.22. The highest BCUT2D eigenvalue weighted by Crippen LogP contribution is 2.33. The van der Waals surface area contributed by atoms with Crippen LogP contribution < -0.4 is 14.8 Å². The van der Waals surface area contributed by atoms with Crippen molar-refractivity contribution in [2.24, 2.45) is 4.99 Å². The molecule has 0 radical (unpaired) electrons. The summed E-state index contributed by atoms with van der Waals surface area (Å²) in [6.45, 7) is 5.24. The van der Waals surface area contributed by atoms with Crippen LogP contribution in [0.2, 0.25) is 0 Å². The Morgan fingerprint density at radius 2 is 1.96 bits per heavy atom. The van der Waals surface area contributed by atoms with Gasteiger partial charge in [0.25, 0.3) is 0 Å². The van der Waals surface area contributed by atoms with E-state index < -0.39 is 0 Å². The fourth-order valence-electron chi connectivity index (χ4n) is 3.59. The third-order valence-electron chi connectivity index (χ3n) is 5.06. The van der Waals surface area contributed by atoms with Gasteiger partial charge in [-0.1, -0.05) is 0 Å². The smallest absolute Gasteiger partial charge is 0.194 e. The van der Waals surface area contributed by atoms with E-state index in [2.05, 4.69) is 39.3 Å². The molecule has 0 spiro atoms. The number of benzene rings is 1. The molecule has 1 unspecified atom stereocenters. The summed E-state index contributed by atoms with van der Waals surface area (Å²) in [5, 5.41) is 3.48. The maximum atomic E-state index is 5.83. The van der Waals surface area contributed by atoms with Crippen molar-refractivity contribution in [3.05, 3.63) is 23.3 Å². The summed E-state index contributed by atoms with van der Waals surface area (Å²) in [7, 11) is 7.32. The average molecular weight is 362 g/mol. The number of guanidine groups is 1. The van der Waals surface area contributed by atoms with Crippen LogP contribution in [-0.4, -0.2) is 83.0 Å². The van der Waals surface area contributed by atoms with Gasteiger partial charge < -0.3 is 29.3 Å². The molecule has 2 aliphatic heterocycles. The van der Waals surface area contributed by atoms with Crippen LogP contribution in [0, 0.1) is 0 Å². The van der Waals surface area contributed by atoms with Gasteiger partial charge in [0.15, 0.2) is 17.5 Å². The molecule has 0 aromatic heterocycles. The number of ether oxygens (including phenoxy) is 3. The van der Waals surface area contributed by atoms with Crippen molar-refractivity contribution in [1.29, 1.82) is 0 Å². The fraction of sp³-hybridized carbons (Fsp3) is 0.632. The maximum absolute atomic E-state index is 5.83. The standard InChI is InChI=1S/C19H30N4O3/c1-20-19(21-11-16-13-22(2)7-8-26-16)23-6-5-14-9-17(24-3)18(25-4)10-15(14)12-23/h9-10,16H,5-8,11-13H2,1-4H3,(H,20,21). The molecule has 2 aliphatic rings. The lowest BCUT2D eigenvalue weighted by Gasteiger charge is -2.34. The molecular weight excluding hydrogens is 332 g/mol. The second-order valence-corrected chi connectivity index (χ2v) is 6.83. The van der Waals surface area contributed by atoms with E-state index in [1.54, 1.807) is 14.2 Å². The van der Waals surface area contributed by atoms with Gasteiger partial charge >= 0.3 is 0 Å². The zero-order valence-electron chi connectivity index (χ0n) is 16.2. The van der Waals surface area contributed by atoms with Gasteiger partial charge in [0.2, 0.25) is 0 Å². The zero-order valence-corrected chi connectivity index (χ0v) is 16.2. The highest BCUT2D eigenvalue weighted by Gasteiger charge is 2.23. The predicted octanol–water partition coefficient (Wildman–Crippen LogP) is 0.968. The molecule has 1 atom stereocenters. The van der Waals surface area contributed by atoms with Crippen LogP contribution >= 0.6 is 0 Å². The molecule has 0 amide bonds. The van der Waals surface area contributed by atoms with Crippen LogP contribution in [0.3, 0.4) is 0 Å². The van der Waals surface area contributed by atoms with Crippen molar-refractivity contribution in [3.8, 4) is 11.5 Å². The molecule has 0 aliphatic carbocycles. The van der Waals surface area contributed by atoms with Crippen molar-refractivity contribution < 1.29 is 14.2 Å². The van der Waals surface area contributed by atoms with Gasteiger partial charge in [0.1, 0.15) is 0 Å². The van der Waals surface area contributed by atoms with E-state index in [0.717, 1.165) is 63.2 Å². The van der Waals surface area contributed by atoms with Crippen molar-refractivity contribution >= 4 is 5.96 Å². The molecule has 0 bridgehead atoms. The predicted molar refractivity (Wildman–Crippen MR) is 102 cm³/mol. The van der Waals surface area contributed by atoms with Crippen molar-refractivity contribution in [2.45, 2.75) is 19.1 Å². The first-order valence-corrected chi connectivity index (χ1v) is 9.14. The van der Waals surface area contributed by atoms with E-state index in [-0.39, 0.29) is 6.10 Å². The Hall–Kier alpha value is -1.99. The van der Waals surface area contributed by atoms with Gasteiger partial charge in [0, 0.05) is 39.8 Å². The Morgan fingerprint density at radius 3 is 2.62 bits per heavy atom. The lowest BCUT2D eigenvalue weighted by atomic mass is 9.99. The average Bonchev–Trinajstić information content (AvgIpc) is 2.67. The first-order chi connectivity index (χ1) is 12.6. The summed E-state index contributed by atoms with van der Waals surface area (Å²) >= 11 is 0. The summed E-state index contributed by atoms with van der Waals surface area (Å²) < 4.78 is 16.7. The number of likely N-dealkylation sites (N-methyl/N-ethyl adjacent to an activating group) is 1. The minimum absolute atomic E-state index is 0.201. The lowest BCUT2D eigenvalue weighted by Crippen LogP contribution is -2.50. The van der Waals surface area contributed by atoms with Crippen molar-refractivity contribution in [1.82, 2.24) is 15.1 Å². The van der Waals surface area contributed by atoms with E-state index in [1.807, 2.05) is 7.05 Å². The quantitative estimate of drug-likeness (QED) is 0.636. The van der Waals surface area contributed by atoms with Gasteiger partial charge in [-0.15, -0.1) is 0 Å². The summed E-state index contributed by atoms with van der Waals surface area (Å²) in [6.07, 6.45) is 1.16. The molecule has 2 heterocycles. The second kappa shape index (κ2) is 8.60. The molecule has 1 fully saturated rings. The molecule has 0 saturated carbocycles. The normalized spacial score (nSPS) is 21.3. The van der Waals surface area contributed by atoms with Gasteiger partial charge in [-0.3, -0.25) is 4.99 Å². The SMILES string of the molecule is CN=C(NCC1CN(C)CCO1)N1CCc2cc(OC)c(OC)cc2C1. The van der Waals surface area contributed by atoms with E-state index in [1.165, 1.54) is 11.1 Å². The third-order valence-corrected chi connectivity index (χ3v) is 5.06. The van der Waals surface area contributed by atoms with Crippen LogP contribution in [0.25, 0.3) is 0 Å². The molecule has 1 aromatic carbocycles. The first kappa shape index (κ1) is 18.8. The minimum Gasteiger partial charge on any atom is -0.493 e. The van der Waals surface area contributed by atoms with Gasteiger partial charge in [0.05, 0.1) is 26.9 Å². The van der Waals surface area contributed by atoms with E-state index in [9.17, 15) is 0 Å². The number of aliphatic imine (C=N–C) groups is 1. The summed E-state index contributed by atoms with van der Waals surface area (Å²) in [6, 6.07) is 4.17. The first-order valence-electron chi connectivity index (χ1n) is 9.14. The second-order valence-electron chi connectivity index (χ2n) is 6.83. The number of methoxy groups -OCH3 is 2. The van der Waals surface area contributed by atoms with Crippen LogP contribution in [-0.2, 0) is 17.7 Å². The van der Waals surface area contributed by atoms with Crippen LogP contribution in [0.4, 0.5) is 0 Å². The van der Waals surface area contributed by atoms with Gasteiger partial charge in [-0.05, 0) is 36.7 Å². The molecule has 1 saturated heterocycles. The molecule has 144 valence electrons. The van der Waals surface area contributed by atoms with Crippen LogP contribution in [0.15, 0.2) is 17.1 Å². The Labute approximate surface area is 155 Å². The molecule has 1 aromatic rings. The monoisotopic (exact) mass is 362 g/mol. The number of nitrogens with one attached hydrogen (secondary N) is 1. The number of morpholine rings is 1. The molecule has 7 nitrogen and oxygen atoms in total. The van der Waals surface area contributed by atoms with Crippen molar-refractivity contribution in [2.75, 3.05) is 61.1 Å². The van der Waals surface area contributed by atoms with Gasteiger partial charge in [-0.2, -0.15) is 0 Å². The van der Waals surface area contributed by atoms with Crippen LogP contribution in [0.1, 0.15) is 11.1 Å². The Morgan fingerprint density at radius 1 is 1.23 bits per heavy atom. The highest BCUT2D eigenvalue weighted by molar-refractivity contribution is 5.80. The number of hydrogen-bond donors (Lipinski definition) is 1. The summed E-state index contributed by atoms with van der Waals surface area (Å²) in [5.74, 6) is 2.48. The molecule has 3 rings (SSSR count). The minimum atomic E-state index is 0.201. The number of fused-ring (bicyclic) bond motifs is 1. The van der Waals surface area contributed by atoms with Crippen molar-refractivity contribution in [3.63, 3.8) is 0 Å².